The van der Waals surface area contributed by atoms with E-state index in [0.717, 1.165) is 18.5 Å². The highest BCUT2D eigenvalue weighted by Crippen LogP contribution is 2.34. The third-order valence-corrected chi connectivity index (χ3v) is 5.19. The Morgan fingerprint density at radius 2 is 1.67 bits per heavy atom. The normalized spacial score (nSPS) is 17.4. The van der Waals surface area contributed by atoms with Gasteiger partial charge in [-0.05, 0) is 57.5 Å². The average molecular weight is 323 g/mol. The number of likely N-dealkylation sites (tertiary alicyclic amines) is 1. The highest BCUT2D eigenvalue weighted by Gasteiger charge is 2.19. The van der Waals surface area contributed by atoms with Gasteiger partial charge in [-0.15, -0.1) is 0 Å². The predicted molar refractivity (Wildman–Crippen MR) is 101 cm³/mol. The minimum atomic E-state index is 0.259. The molecule has 0 amide bonds. The van der Waals surface area contributed by atoms with Gasteiger partial charge in [-0.3, -0.25) is 0 Å². The molecule has 1 fully saturated rings. The number of rotatable bonds is 5. The van der Waals surface area contributed by atoms with Crippen LogP contribution in [0.15, 0.2) is 48.5 Å². The van der Waals surface area contributed by atoms with Crippen molar-refractivity contribution in [2.75, 3.05) is 19.6 Å². The fourth-order valence-corrected chi connectivity index (χ4v) is 3.81. The molecule has 128 valence electrons. The first kappa shape index (κ1) is 17.0. The van der Waals surface area contributed by atoms with Crippen molar-refractivity contribution in [2.24, 2.45) is 0 Å². The Balaban J connectivity index is 1.81. The summed E-state index contributed by atoms with van der Waals surface area (Å²) in [4.78, 5) is 2.61. The molecule has 0 bridgehead atoms. The van der Waals surface area contributed by atoms with Gasteiger partial charge in [-0.25, -0.2) is 0 Å². The van der Waals surface area contributed by atoms with E-state index in [4.69, 9.17) is 0 Å². The standard InChI is InChI=1S/C22H29NO/c1-18-11-12-22(24)21(17-18)20(19-9-5-4-6-10-19)13-16-23-14-7-2-3-8-15-23/h4-6,9-12,17,20,24H,2-3,7-8,13-16H2,1H3. The molecule has 0 aromatic heterocycles. The van der Waals surface area contributed by atoms with Gasteiger partial charge in [0.15, 0.2) is 0 Å². The summed E-state index contributed by atoms with van der Waals surface area (Å²) < 4.78 is 0. The lowest BCUT2D eigenvalue weighted by molar-refractivity contribution is 0.276. The maximum Gasteiger partial charge on any atom is 0.119 e. The Bertz CT molecular complexity index is 630. The summed E-state index contributed by atoms with van der Waals surface area (Å²) in [5.74, 6) is 0.680. The van der Waals surface area contributed by atoms with Crippen LogP contribution in [0, 0.1) is 6.92 Å². The summed E-state index contributed by atoms with van der Waals surface area (Å²) in [7, 11) is 0. The van der Waals surface area contributed by atoms with E-state index < -0.39 is 0 Å². The molecule has 1 N–H and O–H groups in total. The molecule has 0 spiro atoms. The number of phenolic OH excluding ortho intramolecular Hbond substituents is 1. The van der Waals surface area contributed by atoms with E-state index in [1.165, 1.54) is 49.9 Å². The number of aryl methyl sites for hydroxylation is 1. The van der Waals surface area contributed by atoms with E-state index in [-0.39, 0.29) is 5.92 Å². The summed E-state index contributed by atoms with van der Waals surface area (Å²) in [6.07, 6.45) is 6.45. The maximum absolute atomic E-state index is 10.4. The first-order valence-electron chi connectivity index (χ1n) is 9.31. The van der Waals surface area contributed by atoms with Crippen molar-refractivity contribution in [3.8, 4) is 5.75 Å². The molecule has 1 aliphatic rings. The summed E-state index contributed by atoms with van der Waals surface area (Å²) >= 11 is 0. The molecular weight excluding hydrogens is 294 g/mol. The summed E-state index contributed by atoms with van der Waals surface area (Å²) in [5, 5.41) is 10.4. The van der Waals surface area contributed by atoms with Crippen LogP contribution < -0.4 is 0 Å². The number of hydrogen-bond donors (Lipinski definition) is 1. The van der Waals surface area contributed by atoms with Crippen LogP contribution >= 0.6 is 0 Å². The highest BCUT2D eigenvalue weighted by molar-refractivity contribution is 5.43. The lowest BCUT2D eigenvalue weighted by Crippen LogP contribution is -2.27. The molecule has 2 aromatic carbocycles. The molecule has 1 aliphatic heterocycles. The lowest BCUT2D eigenvalue weighted by Gasteiger charge is -2.25. The van der Waals surface area contributed by atoms with Crippen molar-refractivity contribution in [3.05, 3.63) is 65.2 Å². The van der Waals surface area contributed by atoms with Gasteiger partial charge >= 0.3 is 0 Å². The van der Waals surface area contributed by atoms with E-state index in [0.29, 0.717) is 5.75 Å². The van der Waals surface area contributed by atoms with Crippen LogP contribution in [0.1, 0.15) is 54.7 Å². The smallest absolute Gasteiger partial charge is 0.119 e. The van der Waals surface area contributed by atoms with Crippen LogP contribution in [0.4, 0.5) is 0 Å². The van der Waals surface area contributed by atoms with Gasteiger partial charge in [-0.2, -0.15) is 0 Å². The lowest BCUT2D eigenvalue weighted by atomic mass is 9.87. The van der Waals surface area contributed by atoms with E-state index >= 15 is 0 Å². The number of phenols is 1. The highest BCUT2D eigenvalue weighted by atomic mass is 16.3. The van der Waals surface area contributed by atoms with Crippen molar-refractivity contribution in [3.63, 3.8) is 0 Å². The Kier molecular flexibility index (Phi) is 5.92. The zero-order valence-electron chi connectivity index (χ0n) is 14.7. The zero-order valence-corrected chi connectivity index (χ0v) is 14.7. The molecule has 3 rings (SSSR count). The maximum atomic E-state index is 10.4. The van der Waals surface area contributed by atoms with Gasteiger partial charge in [0.05, 0.1) is 0 Å². The van der Waals surface area contributed by atoms with Crippen LogP contribution in [-0.4, -0.2) is 29.6 Å². The minimum Gasteiger partial charge on any atom is -0.508 e. The van der Waals surface area contributed by atoms with Gasteiger partial charge in [0.2, 0.25) is 0 Å². The van der Waals surface area contributed by atoms with Crippen molar-refractivity contribution >= 4 is 0 Å². The SMILES string of the molecule is Cc1ccc(O)c(C(CCN2CCCCCC2)c2ccccc2)c1. The molecule has 1 atom stereocenters. The van der Waals surface area contributed by atoms with Crippen molar-refractivity contribution in [1.29, 1.82) is 0 Å². The van der Waals surface area contributed by atoms with Crippen LogP contribution in [0.5, 0.6) is 5.75 Å². The first-order valence-corrected chi connectivity index (χ1v) is 9.31. The topological polar surface area (TPSA) is 23.5 Å². The van der Waals surface area contributed by atoms with Crippen LogP contribution in [-0.2, 0) is 0 Å². The van der Waals surface area contributed by atoms with Crippen molar-refractivity contribution in [2.45, 2.75) is 44.9 Å². The fraction of sp³-hybridized carbons (Fsp3) is 0.455. The molecule has 0 saturated carbocycles. The molecule has 0 radical (unpaired) electrons. The molecule has 24 heavy (non-hydrogen) atoms. The first-order chi connectivity index (χ1) is 11.7. The van der Waals surface area contributed by atoms with Gasteiger partial charge in [0, 0.05) is 11.5 Å². The van der Waals surface area contributed by atoms with E-state index in [9.17, 15) is 5.11 Å². The largest absolute Gasteiger partial charge is 0.508 e. The van der Waals surface area contributed by atoms with Gasteiger partial charge in [0.1, 0.15) is 5.75 Å². The molecular formula is C22H29NO. The molecule has 2 nitrogen and oxygen atoms in total. The molecule has 1 unspecified atom stereocenters. The molecule has 1 heterocycles. The van der Waals surface area contributed by atoms with Crippen molar-refractivity contribution < 1.29 is 5.11 Å². The molecule has 2 aromatic rings. The number of nitrogens with zero attached hydrogens (tertiary/aromatic N) is 1. The number of aromatic hydroxyl groups is 1. The van der Waals surface area contributed by atoms with Crippen LogP contribution in [0.2, 0.25) is 0 Å². The summed E-state index contributed by atoms with van der Waals surface area (Å²) in [6.45, 7) is 5.65. The second-order valence-corrected chi connectivity index (χ2v) is 7.07. The third kappa shape index (κ3) is 4.39. The second kappa shape index (κ2) is 8.34. The van der Waals surface area contributed by atoms with Gasteiger partial charge in [-0.1, -0.05) is 60.9 Å². The Morgan fingerprint density at radius 3 is 2.38 bits per heavy atom. The summed E-state index contributed by atoms with van der Waals surface area (Å²) in [5.41, 5.74) is 3.57. The number of hydrogen-bond acceptors (Lipinski definition) is 2. The molecule has 2 heteroatoms. The van der Waals surface area contributed by atoms with E-state index in [2.05, 4.69) is 48.2 Å². The summed E-state index contributed by atoms with van der Waals surface area (Å²) in [6, 6.07) is 16.6. The Labute approximate surface area is 146 Å². The molecule has 1 saturated heterocycles. The van der Waals surface area contributed by atoms with E-state index in [1.54, 1.807) is 0 Å². The van der Waals surface area contributed by atoms with Gasteiger partial charge in [0.25, 0.3) is 0 Å². The monoisotopic (exact) mass is 323 g/mol. The zero-order chi connectivity index (χ0) is 16.8. The fourth-order valence-electron chi connectivity index (χ4n) is 3.81. The molecule has 0 aliphatic carbocycles. The van der Waals surface area contributed by atoms with Crippen LogP contribution in [0.3, 0.4) is 0 Å². The average Bonchev–Trinajstić information content (AvgIpc) is 2.88. The van der Waals surface area contributed by atoms with Gasteiger partial charge < -0.3 is 10.0 Å². The third-order valence-electron chi connectivity index (χ3n) is 5.19. The van der Waals surface area contributed by atoms with Crippen molar-refractivity contribution in [1.82, 2.24) is 4.90 Å². The van der Waals surface area contributed by atoms with E-state index in [1.807, 2.05) is 12.1 Å². The number of benzene rings is 2. The predicted octanol–water partition coefficient (Wildman–Crippen LogP) is 5.10. The van der Waals surface area contributed by atoms with Crippen LogP contribution in [0.25, 0.3) is 0 Å². The Hall–Kier alpha value is -1.80. The minimum absolute atomic E-state index is 0.259. The Morgan fingerprint density at radius 1 is 0.958 bits per heavy atom. The quantitative estimate of drug-likeness (QED) is 0.827. The second-order valence-electron chi connectivity index (χ2n) is 7.07.